The first-order valence-corrected chi connectivity index (χ1v) is 12.1. The SMILES string of the molecule is CC(C)n1cc(NC(=O)c2cc3ccc(-c4ccc(NC(=O)N5CCN(C)CC5)cc4)cc3o2)cn1. The summed E-state index contributed by atoms with van der Waals surface area (Å²) in [5.41, 5.74) is 3.94. The van der Waals surface area contributed by atoms with Crippen LogP contribution in [0.2, 0.25) is 0 Å². The van der Waals surface area contributed by atoms with Gasteiger partial charge >= 0.3 is 6.03 Å². The van der Waals surface area contributed by atoms with E-state index in [-0.39, 0.29) is 23.7 Å². The number of furan rings is 1. The molecule has 2 aromatic carbocycles. The number of rotatable bonds is 5. The molecule has 2 aromatic heterocycles. The zero-order valence-corrected chi connectivity index (χ0v) is 20.7. The summed E-state index contributed by atoms with van der Waals surface area (Å²) in [4.78, 5) is 29.3. The molecule has 0 aliphatic carbocycles. The van der Waals surface area contributed by atoms with Gasteiger partial charge in [0.1, 0.15) is 5.58 Å². The van der Waals surface area contributed by atoms with Crippen molar-refractivity contribution in [2.24, 2.45) is 0 Å². The molecule has 0 atom stereocenters. The van der Waals surface area contributed by atoms with E-state index in [9.17, 15) is 9.59 Å². The van der Waals surface area contributed by atoms with Crippen molar-refractivity contribution in [1.82, 2.24) is 19.6 Å². The van der Waals surface area contributed by atoms with Crippen molar-refractivity contribution in [3.8, 4) is 11.1 Å². The van der Waals surface area contributed by atoms with Gasteiger partial charge in [-0.05, 0) is 56.3 Å². The van der Waals surface area contributed by atoms with Crippen LogP contribution in [0.15, 0.2) is 65.3 Å². The molecule has 3 amide bonds. The number of carbonyl (C=O) groups excluding carboxylic acids is 2. The molecule has 186 valence electrons. The van der Waals surface area contributed by atoms with Gasteiger partial charge in [0.05, 0.1) is 11.9 Å². The Labute approximate surface area is 209 Å². The summed E-state index contributed by atoms with van der Waals surface area (Å²) in [6.45, 7) is 7.26. The molecule has 0 radical (unpaired) electrons. The third-order valence-electron chi connectivity index (χ3n) is 6.39. The molecule has 5 rings (SSSR count). The van der Waals surface area contributed by atoms with E-state index in [1.54, 1.807) is 23.1 Å². The Morgan fingerprint density at radius 1 is 0.917 bits per heavy atom. The molecule has 9 nitrogen and oxygen atoms in total. The van der Waals surface area contributed by atoms with Gasteiger partial charge in [0, 0.05) is 49.5 Å². The van der Waals surface area contributed by atoms with Crippen molar-refractivity contribution in [2.45, 2.75) is 19.9 Å². The monoisotopic (exact) mass is 486 g/mol. The maximum atomic E-state index is 12.7. The summed E-state index contributed by atoms with van der Waals surface area (Å²) >= 11 is 0. The van der Waals surface area contributed by atoms with E-state index >= 15 is 0 Å². The number of likely N-dealkylation sites (N-methyl/N-ethyl adjacent to an activating group) is 1. The van der Waals surface area contributed by atoms with Gasteiger partial charge < -0.3 is 24.9 Å². The lowest BCUT2D eigenvalue weighted by Gasteiger charge is -2.32. The zero-order chi connectivity index (χ0) is 25.2. The highest BCUT2D eigenvalue weighted by atomic mass is 16.3. The predicted molar refractivity (Wildman–Crippen MR) is 140 cm³/mol. The molecule has 0 saturated carbocycles. The van der Waals surface area contributed by atoms with Crippen LogP contribution in [0.1, 0.15) is 30.4 Å². The maximum absolute atomic E-state index is 12.7. The quantitative estimate of drug-likeness (QED) is 0.418. The fraction of sp³-hybridized carbons (Fsp3) is 0.296. The number of fused-ring (bicyclic) bond motifs is 1. The van der Waals surface area contributed by atoms with E-state index in [2.05, 4.69) is 27.7 Å². The molecular weight excluding hydrogens is 456 g/mol. The van der Waals surface area contributed by atoms with Crippen LogP contribution < -0.4 is 10.6 Å². The zero-order valence-electron chi connectivity index (χ0n) is 20.7. The number of nitrogens with zero attached hydrogens (tertiary/aromatic N) is 4. The summed E-state index contributed by atoms with van der Waals surface area (Å²) in [6.07, 6.45) is 3.41. The highest BCUT2D eigenvalue weighted by Crippen LogP contribution is 2.28. The van der Waals surface area contributed by atoms with Crippen molar-refractivity contribution in [1.29, 1.82) is 0 Å². The lowest BCUT2D eigenvalue weighted by atomic mass is 10.0. The van der Waals surface area contributed by atoms with Crippen molar-refractivity contribution < 1.29 is 14.0 Å². The fourth-order valence-electron chi connectivity index (χ4n) is 4.16. The molecule has 1 fully saturated rings. The molecule has 0 spiro atoms. The Kier molecular flexibility index (Phi) is 6.47. The second-order valence-corrected chi connectivity index (χ2v) is 9.42. The van der Waals surface area contributed by atoms with Crippen LogP contribution in [0.5, 0.6) is 0 Å². The Morgan fingerprint density at radius 2 is 1.64 bits per heavy atom. The molecule has 0 bridgehead atoms. The predicted octanol–water partition coefficient (Wildman–Crippen LogP) is 4.91. The summed E-state index contributed by atoms with van der Waals surface area (Å²) in [5.74, 6) is -0.0853. The summed E-state index contributed by atoms with van der Waals surface area (Å²) in [5, 5.41) is 10.9. The van der Waals surface area contributed by atoms with Crippen LogP contribution >= 0.6 is 0 Å². The number of amides is 3. The summed E-state index contributed by atoms with van der Waals surface area (Å²) in [7, 11) is 2.06. The Bertz CT molecular complexity index is 1380. The summed E-state index contributed by atoms with van der Waals surface area (Å²) in [6, 6.07) is 15.4. The van der Waals surface area contributed by atoms with Crippen LogP contribution in [0, 0.1) is 0 Å². The van der Waals surface area contributed by atoms with Gasteiger partial charge in [-0.25, -0.2) is 4.79 Å². The van der Waals surface area contributed by atoms with Crippen molar-refractivity contribution >= 4 is 34.3 Å². The number of hydrogen-bond donors (Lipinski definition) is 2. The third-order valence-corrected chi connectivity index (χ3v) is 6.39. The molecule has 1 aliphatic heterocycles. The van der Waals surface area contributed by atoms with Crippen LogP contribution in [0.3, 0.4) is 0 Å². The Hall–Kier alpha value is -4.11. The third kappa shape index (κ3) is 5.11. The number of nitrogens with one attached hydrogen (secondary N) is 2. The van der Waals surface area contributed by atoms with Gasteiger partial charge in [0.25, 0.3) is 5.91 Å². The van der Waals surface area contributed by atoms with E-state index in [1.807, 2.05) is 61.2 Å². The van der Waals surface area contributed by atoms with Crippen LogP contribution in [-0.2, 0) is 0 Å². The van der Waals surface area contributed by atoms with Gasteiger partial charge in [-0.2, -0.15) is 5.10 Å². The number of anilines is 2. The number of piperazine rings is 1. The molecule has 36 heavy (non-hydrogen) atoms. The van der Waals surface area contributed by atoms with E-state index in [0.717, 1.165) is 48.4 Å². The van der Waals surface area contributed by atoms with Gasteiger partial charge in [-0.1, -0.05) is 24.3 Å². The van der Waals surface area contributed by atoms with Gasteiger partial charge in [0.15, 0.2) is 5.76 Å². The first-order valence-electron chi connectivity index (χ1n) is 12.1. The van der Waals surface area contributed by atoms with E-state index in [1.165, 1.54) is 0 Å². The topological polar surface area (TPSA) is 95.6 Å². The summed E-state index contributed by atoms with van der Waals surface area (Å²) < 4.78 is 7.65. The molecule has 2 N–H and O–H groups in total. The van der Waals surface area contributed by atoms with Crippen LogP contribution in [0.4, 0.5) is 16.2 Å². The Morgan fingerprint density at radius 3 is 2.33 bits per heavy atom. The van der Waals surface area contributed by atoms with Gasteiger partial charge in [0.2, 0.25) is 0 Å². The average molecular weight is 487 g/mol. The maximum Gasteiger partial charge on any atom is 0.321 e. The largest absolute Gasteiger partial charge is 0.451 e. The van der Waals surface area contributed by atoms with Crippen molar-refractivity contribution in [3.05, 3.63) is 66.7 Å². The molecule has 9 heteroatoms. The van der Waals surface area contributed by atoms with E-state index < -0.39 is 0 Å². The van der Waals surface area contributed by atoms with Gasteiger partial charge in [-0.3, -0.25) is 9.48 Å². The normalized spacial score (nSPS) is 14.4. The molecule has 1 aliphatic rings. The highest BCUT2D eigenvalue weighted by Gasteiger charge is 2.19. The fourth-order valence-corrected chi connectivity index (χ4v) is 4.16. The van der Waals surface area contributed by atoms with E-state index in [4.69, 9.17) is 4.42 Å². The molecule has 1 saturated heterocycles. The molecule has 3 heterocycles. The van der Waals surface area contributed by atoms with Crippen LogP contribution in [-0.4, -0.2) is 64.7 Å². The second-order valence-electron chi connectivity index (χ2n) is 9.42. The minimum Gasteiger partial charge on any atom is -0.451 e. The molecule has 0 unspecified atom stereocenters. The number of aromatic nitrogens is 2. The first kappa shape index (κ1) is 23.6. The first-order chi connectivity index (χ1) is 17.4. The molecular formula is C27H30N6O3. The number of carbonyl (C=O) groups is 2. The smallest absolute Gasteiger partial charge is 0.321 e. The van der Waals surface area contributed by atoms with Crippen molar-refractivity contribution in [2.75, 3.05) is 43.9 Å². The minimum absolute atomic E-state index is 0.0739. The number of hydrogen-bond acceptors (Lipinski definition) is 5. The molecule has 4 aromatic rings. The number of benzene rings is 2. The average Bonchev–Trinajstić information content (AvgIpc) is 3.52. The van der Waals surface area contributed by atoms with Crippen molar-refractivity contribution in [3.63, 3.8) is 0 Å². The van der Waals surface area contributed by atoms with E-state index in [0.29, 0.717) is 11.3 Å². The minimum atomic E-state index is -0.323. The number of urea groups is 1. The van der Waals surface area contributed by atoms with Gasteiger partial charge in [-0.15, -0.1) is 0 Å². The lowest BCUT2D eigenvalue weighted by Crippen LogP contribution is -2.48. The Balaban J connectivity index is 1.26. The highest BCUT2D eigenvalue weighted by molar-refractivity contribution is 6.04. The van der Waals surface area contributed by atoms with Crippen LogP contribution in [0.25, 0.3) is 22.1 Å². The standard InChI is InChI=1S/C27H30N6O3/c1-18(2)33-17-23(16-28-33)29-26(34)25-15-21-5-4-20(14-24(21)36-25)19-6-8-22(9-7-19)30-27(35)32-12-10-31(3)11-13-32/h4-9,14-18H,10-13H2,1-3H3,(H,29,34)(H,30,35). The lowest BCUT2D eigenvalue weighted by molar-refractivity contribution is 0.0998. The second kappa shape index (κ2) is 9.87.